The summed E-state index contributed by atoms with van der Waals surface area (Å²) in [5.74, 6) is 2.95. The molecule has 20 heavy (non-hydrogen) atoms. The molecule has 0 radical (unpaired) electrons. The highest BCUT2D eigenvalue weighted by Crippen LogP contribution is 2.41. The molecule has 0 amide bonds. The second-order valence-corrected chi connectivity index (χ2v) is 6.79. The van der Waals surface area contributed by atoms with Gasteiger partial charge in [-0.3, -0.25) is 0 Å². The largest absolute Gasteiger partial charge is 0.374 e. The molecule has 0 aromatic rings. The molecule has 3 atom stereocenters. The van der Waals surface area contributed by atoms with E-state index in [0.29, 0.717) is 19.1 Å². The quantitative estimate of drug-likeness (QED) is 0.731. The highest BCUT2D eigenvalue weighted by atomic mass is 32.2. The lowest BCUT2D eigenvalue weighted by Crippen LogP contribution is -2.52. The van der Waals surface area contributed by atoms with Gasteiger partial charge in [-0.05, 0) is 51.8 Å². The number of rotatable bonds is 7. The molecule has 2 fully saturated rings. The van der Waals surface area contributed by atoms with Gasteiger partial charge in [-0.25, -0.2) is 0 Å². The standard InChI is InChI=1S/C15H29NO3S/c1-4-17-14(18-5-2)13(16-3)12-6-8-19-15(10-12)7-9-20-11-15/h12-14,16H,4-11H2,1-3H3. The van der Waals surface area contributed by atoms with Crippen LogP contribution in [0.1, 0.15) is 33.1 Å². The number of ether oxygens (including phenoxy) is 3. The molecule has 1 N–H and O–H groups in total. The monoisotopic (exact) mass is 303 g/mol. The van der Waals surface area contributed by atoms with Crippen molar-refractivity contribution in [2.24, 2.45) is 5.92 Å². The number of likely N-dealkylation sites (N-methyl/N-ethyl adjacent to an activating group) is 1. The van der Waals surface area contributed by atoms with Crippen molar-refractivity contribution in [2.75, 3.05) is 38.4 Å². The van der Waals surface area contributed by atoms with Crippen LogP contribution in [0.4, 0.5) is 0 Å². The molecule has 0 bridgehead atoms. The van der Waals surface area contributed by atoms with Gasteiger partial charge in [0.1, 0.15) is 0 Å². The van der Waals surface area contributed by atoms with Crippen LogP contribution < -0.4 is 5.32 Å². The van der Waals surface area contributed by atoms with Crippen LogP contribution in [0.25, 0.3) is 0 Å². The van der Waals surface area contributed by atoms with E-state index in [0.717, 1.165) is 25.2 Å². The molecule has 0 aromatic heterocycles. The lowest BCUT2D eigenvalue weighted by Gasteiger charge is -2.42. The summed E-state index contributed by atoms with van der Waals surface area (Å²) in [6, 6.07) is 0.251. The molecule has 1 spiro atoms. The third-order valence-corrected chi connectivity index (χ3v) is 5.62. The Balaban J connectivity index is 2.01. The van der Waals surface area contributed by atoms with E-state index >= 15 is 0 Å². The molecule has 2 saturated heterocycles. The second kappa shape index (κ2) is 7.99. The Bertz CT molecular complexity index is 278. The average molecular weight is 303 g/mol. The Morgan fingerprint density at radius 3 is 2.65 bits per heavy atom. The summed E-state index contributed by atoms with van der Waals surface area (Å²) < 4.78 is 17.7. The molecule has 5 heteroatoms. The topological polar surface area (TPSA) is 39.7 Å². The normalized spacial score (nSPS) is 32.1. The van der Waals surface area contributed by atoms with Crippen LogP contribution in [0.5, 0.6) is 0 Å². The summed E-state index contributed by atoms with van der Waals surface area (Å²) in [5.41, 5.74) is 0.117. The molecule has 0 saturated carbocycles. The van der Waals surface area contributed by atoms with Gasteiger partial charge in [0.25, 0.3) is 0 Å². The average Bonchev–Trinajstić information content (AvgIpc) is 2.88. The van der Waals surface area contributed by atoms with Gasteiger partial charge in [0.2, 0.25) is 0 Å². The van der Waals surface area contributed by atoms with Crippen LogP contribution in [0, 0.1) is 5.92 Å². The molecule has 2 heterocycles. The lowest BCUT2D eigenvalue weighted by molar-refractivity contribution is -0.175. The van der Waals surface area contributed by atoms with Gasteiger partial charge in [0.05, 0.1) is 11.6 Å². The lowest BCUT2D eigenvalue weighted by atomic mass is 9.81. The summed E-state index contributed by atoms with van der Waals surface area (Å²) in [6.07, 6.45) is 3.26. The van der Waals surface area contributed by atoms with Crippen molar-refractivity contribution in [3.05, 3.63) is 0 Å². The molecule has 2 aliphatic heterocycles. The minimum atomic E-state index is -0.149. The van der Waals surface area contributed by atoms with E-state index in [-0.39, 0.29) is 17.9 Å². The summed E-state index contributed by atoms with van der Waals surface area (Å²) >= 11 is 2.02. The number of hydrogen-bond donors (Lipinski definition) is 1. The smallest absolute Gasteiger partial charge is 0.172 e. The Morgan fingerprint density at radius 1 is 1.35 bits per heavy atom. The van der Waals surface area contributed by atoms with Crippen molar-refractivity contribution >= 4 is 11.8 Å². The van der Waals surface area contributed by atoms with E-state index < -0.39 is 0 Å². The van der Waals surface area contributed by atoms with E-state index in [1.165, 1.54) is 12.2 Å². The maximum absolute atomic E-state index is 6.12. The van der Waals surface area contributed by atoms with Crippen LogP contribution in [-0.2, 0) is 14.2 Å². The van der Waals surface area contributed by atoms with Gasteiger partial charge in [-0.1, -0.05) is 0 Å². The zero-order valence-electron chi connectivity index (χ0n) is 13.0. The van der Waals surface area contributed by atoms with Crippen LogP contribution in [-0.4, -0.2) is 56.3 Å². The maximum Gasteiger partial charge on any atom is 0.172 e. The van der Waals surface area contributed by atoms with E-state index in [1.807, 2.05) is 32.7 Å². The minimum absolute atomic E-state index is 0.117. The second-order valence-electron chi connectivity index (χ2n) is 5.68. The molecular formula is C15H29NO3S. The van der Waals surface area contributed by atoms with Crippen LogP contribution in [0.2, 0.25) is 0 Å². The summed E-state index contributed by atoms with van der Waals surface area (Å²) in [7, 11) is 2.02. The Morgan fingerprint density at radius 2 is 2.10 bits per heavy atom. The Labute approximate surface area is 127 Å². The molecule has 3 unspecified atom stereocenters. The van der Waals surface area contributed by atoms with Gasteiger partial charge in [-0.15, -0.1) is 0 Å². The molecule has 2 rings (SSSR count). The summed E-state index contributed by atoms with van der Waals surface area (Å²) in [4.78, 5) is 0. The zero-order valence-corrected chi connectivity index (χ0v) is 13.8. The molecule has 118 valence electrons. The highest BCUT2D eigenvalue weighted by Gasteiger charge is 2.44. The van der Waals surface area contributed by atoms with E-state index in [1.54, 1.807) is 0 Å². The number of hydrogen-bond acceptors (Lipinski definition) is 5. The number of thioether (sulfide) groups is 1. The first-order valence-electron chi connectivity index (χ1n) is 7.87. The molecule has 0 aliphatic carbocycles. The van der Waals surface area contributed by atoms with Crippen LogP contribution in [0.15, 0.2) is 0 Å². The summed E-state index contributed by atoms with van der Waals surface area (Å²) in [6.45, 7) is 6.30. The summed E-state index contributed by atoms with van der Waals surface area (Å²) in [5, 5.41) is 3.44. The first kappa shape index (κ1) is 16.6. The molecule has 2 aliphatic rings. The maximum atomic E-state index is 6.12. The van der Waals surface area contributed by atoms with Gasteiger partial charge in [0.15, 0.2) is 6.29 Å². The Hall–Kier alpha value is 0.190. The number of nitrogens with one attached hydrogen (secondary N) is 1. The van der Waals surface area contributed by atoms with E-state index in [4.69, 9.17) is 14.2 Å². The van der Waals surface area contributed by atoms with Crippen molar-refractivity contribution < 1.29 is 14.2 Å². The first-order valence-corrected chi connectivity index (χ1v) is 9.02. The van der Waals surface area contributed by atoms with Gasteiger partial charge in [-0.2, -0.15) is 11.8 Å². The van der Waals surface area contributed by atoms with E-state index in [2.05, 4.69) is 5.32 Å². The SMILES string of the molecule is CCOC(OCC)C(NC)C1CCOC2(CCSC2)C1. The fraction of sp³-hybridized carbons (Fsp3) is 1.00. The third kappa shape index (κ3) is 3.89. The van der Waals surface area contributed by atoms with Crippen molar-refractivity contribution in [2.45, 2.75) is 51.0 Å². The van der Waals surface area contributed by atoms with Crippen LogP contribution >= 0.6 is 11.8 Å². The third-order valence-electron chi connectivity index (χ3n) is 4.39. The van der Waals surface area contributed by atoms with Crippen molar-refractivity contribution in [3.63, 3.8) is 0 Å². The van der Waals surface area contributed by atoms with Crippen molar-refractivity contribution in [1.82, 2.24) is 5.32 Å². The predicted molar refractivity (Wildman–Crippen MR) is 83.2 cm³/mol. The van der Waals surface area contributed by atoms with Gasteiger partial charge < -0.3 is 19.5 Å². The fourth-order valence-electron chi connectivity index (χ4n) is 3.41. The minimum Gasteiger partial charge on any atom is -0.374 e. The van der Waals surface area contributed by atoms with Gasteiger partial charge in [0, 0.05) is 25.6 Å². The Kier molecular flexibility index (Phi) is 6.62. The first-order chi connectivity index (χ1) is 9.74. The van der Waals surface area contributed by atoms with E-state index in [9.17, 15) is 0 Å². The van der Waals surface area contributed by atoms with Gasteiger partial charge >= 0.3 is 0 Å². The highest BCUT2D eigenvalue weighted by molar-refractivity contribution is 7.99. The molecular weight excluding hydrogens is 274 g/mol. The predicted octanol–water partition coefficient (Wildman–Crippen LogP) is 2.28. The van der Waals surface area contributed by atoms with Crippen molar-refractivity contribution in [3.8, 4) is 0 Å². The molecule has 4 nitrogen and oxygen atoms in total. The fourth-order valence-corrected chi connectivity index (χ4v) is 4.79. The van der Waals surface area contributed by atoms with Crippen molar-refractivity contribution in [1.29, 1.82) is 0 Å². The van der Waals surface area contributed by atoms with Crippen LogP contribution in [0.3, 0.4) is 0 Å². The zero-order chi connectivity index (χ0) is 14.4. The molecule has 0 aromatic carbocycles.